The lowest BCUT2D eigenvalue weighted by Crippen LogP contribution is -2.67. The highest BCUT2D eigenvalue weighted by Gasteiger charge is 2.54. The largest absolute Gasteiger partial charge is 0.457 e. The maximum atomic E-state index is 7.44. The molecule has 10 rings (SSSR count). The van der Waals surface area contributed by atoms with Crippen molar-refractivity contribution < 1.29 is 14.2 Å². The number of rotatable bonds is 0. The van der Waals surface area contributed by atoms with Gasteiger partial charge >= 0.3 is 0 Å². The van der Waals surface area contributed by atoms with E-state index in [4.69, 9.17) is 25.8 Å². The van der Waals surface area contributed by atoms with Crippen LogP contribution in [0.25, 0.3) is 0 Å². The van der Waals surface area contributed by atoms with Crippen molar-refractivity contribution in [2.24, 2.45) is 0 Å². The van der Waals surface area contributed by atoms with Gasteiger partial charge in [0.1, 0.15) is 28.0 Å². The summed E-state index contributed by atoms with van der Waals surface area (Å²) < 4.78 is 20.4. The van der Waals surface area contributed by atoms with Gasteiger partial charge in [0.25, 0.3) is 13.4 Å². The predicted octanol–water partition coefficient (Wildman–Crippen LogP) is 6.38. The Balaban J connectivity index is 1.36. The van der Waals surface area contributed by atoms with E-state index in [9.17, 15) is 0 Å². The number of benzene rings is 5. The summed E-state index contributed by atoms with van der Waals surface area (Å²) in [4.78, 5) is 2.42. The first-order valence-electron chi connectivity index (χ1n) is 15.8. The molecule has 0 saturated heterocycles. The Bertz CT molecular complexity index is 2060. The molecule has 0 bridgehead atoms. The maximum absolute atomic E-state index is 7.44. The number of hydrogen-bond acceptors (Lipinski definition) is 4. The van der Waals surface area contributed by atoms with E-state index in [0.717, 1.165) is 61.9 Å². The molecule has 5 aliphatic rings. The van der Waals surface area contributed by atoms with E-state index in [0.29, 0.717) is 16.5 Å². The monoisotopic (exact) mass is 605 g/mol. The van der Waals surface area contributed by atoms with Crippen LogP contribution in [0.2, 0.25) is 5.02 Å². The molecule has 0 unspecified atom stereocenters. The smallest absolute Gasteiger partial charge is 0.256 e. The van der Waals surface area contributed by atoms with Gasteiger partial charge in [-0.3, -0.25) is 0 Å². The summed E-state index contributed by atoms with van der Waals surface area (Å²) in [5.41, 5.74) is 12.7. The topological polar surface area (TPSA) is 30.9 Å². The lowest BCUT2D eigenvalue weighted by Gasteiger charge is -2.49. The van der Waals surface area contributed by atoms with Crippen LogP contribution in [0.4, 0.5) is 17.1 Å². The highest BCUT2D eigenvalue weighted by molar-refractivity contribution is 7.04. The second-order valence-electron chi connectivity index (χ2n) is 15.0. The Hall–Kier alpha value is -4.28. The molecule has 0 amide bonds. The molecule has 0 radical (unpaired) electrons. The van der Waals surface area contributed by atoms with E-state index < -0.39 is 0 Å². The average molecular weight is 606 g/mol. The molecule has 0 N–H and O–H groups in total. The minimum Gasteiger partial charge on any atom is -0.457 e. The van der Waals surface area contributed by atoms with Crippen LogP contribution < -0.4 is 51.9 Å². The molecular weight excluding hydrogens is 575 g/mol. The van der Waals surface area contributed by atoms with Gasteiger partial charge in [-0.1, -0.05) is 102 Å². The van der Waals surface area contributed by atoms with E-state index >= 15 is 0 Å². The Labute approximate surface area is 269 Å². The first kappa shape index (κ1) is 26.0. The molecule has 5 aromatic rings. The lowest BCUT2D eigenvalue weighted by molar-refractivity contribution is 0.463. The molecule has 45 heavy (non-hydrogen) atoms. The lowest BCUT2D eigenvalue weighted by atomic mass is 9.29. The quantitative estimate of drug-likeness (QED) is 0.188. The van der Waals surface area contributed by atoms with E-state index in [-0.39, 0.29) is 24.3 Å². The predicted molar refractivity (Wildman–Crippen MR) is 186 cm³/mol. The zero-order valence-electron chi connectivity index (χ0n) is 26.1. The number of anilines is 3. The van der Waals surface area contributed by atoms with Crippen molar-refractivity contribution in [1.29, 1.82) is 0 Å². The zero-order valence-corrected chi connectivity index (χ0v) is 26.9. The summed E-state index contributed by atoms with van der Waals surface area (Å²) >= 11 is 7.44. The summed E-state index contributed by atoms with van der Waals surface area (Å²) in [6.45, 7) is 13.4. The van der Waals surface area contributed by atoms with Gasteiger partial charge < -0.3 is 19.1 Å². The van der Waals surface area contributed by atoms with Gasteiger partial charge in [0.05, 0.1) is 11.4 Å². The van der Waals surface area contributed by atoms with E-state index in [1.165, 1.54) is 22.1 Å². The van der Waals surface area contributed by atoms with Gasteiger partial charge in [0.2, 0.25) is 0 Å². The third-order valence-electron chi connectivity index (χ3n) is 10.3. The highest BCUT2D eigenvalue weighted by Crippen LogP contribution is 2.55. The van der Waals surface area contributed by atoms with Crippen LogP contribution in [0.15, 0.2) is 72.8 Å². The summed E-state index contributed by atoms with van der Waals surface area (Å²) in [6, 6.07) is 26.1. The molecule has 218 valence electrons. The first-order valence-corrected chi connectivity index (χ1v) is 16.2. The fraction of sp³-hybridized carbons (Fsp3) is 0.211. The normalized spacial score (nSPS) is 15.4. The van der Waals surface area contributed by atoms with Crippen molar-refractivity contribution in [3.63, 3.8) is 0 Å². The Kier molecular flexibility index (Phi) is 4.68. The van der Waals surface area contributed by atoms with Crippen LogP contribution in [-0.4, -0.2) is 13.4 Å². The molecule has 7 heteroatoms. The number of para-hydroxylation sites is 2. The Morgan fingerprint density at radius 1 is 0.533 bits per heavy atom. The second kappa shape index (κ2) is 8.10. The highest BCUT2D eigenvalue weighted by atomic mass is 35.5. The average Bonchev–Trinajstić information content (AvgIpc) is 3.01. The summed E-state index contributed by atoms with van der Waals surface area (Å²) in [6.07, 6.45) is 0. The number of hydrogen-bond donors (Lipinski definition) is 0. The van der Waals surface area contributed by atoms with Gasteiger partial charge in [-0.25, -0.2) is 0 Å². The number of halogens is 1. The third kappa shape index (κ3) is 3.16. The molecular formula is C38H30B2ClNO3. The summed E-state index contributed by atoms with van der Waals surface area (Å²) in [5, 5.41) is 0.530. The Morgan fingerprint density at radius 3 is 1.44 bits per heavy atom. The van der Waals surface area contributed by atoms with E-state index in [1.54, 1.807) is 0 Å². The molecule has 0 spiro atoms. The van der Waals surface area contributed by atoms with Crippen LogP contribution in [0.3, 0.4) is 0 Å². The molecule has 0 atom stereocenters. The van der Waals surface area contributed by atoms with Crippen LogP contribution in [0, 0.1) is 0 Å². The number of nitrogens with zero attached hydrogens (tertiary/aromatic N) is 1. The van der Waals surface area contributed by atoms with Crippen molar-refractivity contribution in [2.75, 3.05) is 4.90 Å². The van der Waals surface area contributed by atoms with Gasteiger partial charge in [-0.15, -0.1) is 0 Å². The van der Waals surface area contributed by atoms with Crippen molar-refractivity contribution in [3.8, 4) is 34.5 Å². The van der Waals surface area contributed by atoms with Crippen molar-refractivity contribution in [3.05, 3.63) is 88.9 Å². The molecule has 5 aromatic carbocycles. The molecule has 0 saturated carbocycles. The van der Waals surface area contributed by atoms with Gasteiger partial charge in [-0.2, -0.15) is 0 Å². The molecule has 4 nitrogen and oxygen atoms in total. The van der Waals surface area contributed by atoms with Crippen LogP contribution >= 0.6 is 11.6 Å². The van der Waals surface area contributed by atoms with Crippen LogP contribution in [-0.2, 0) is 10.8 Å². The molecule has 5 heterocycles. The molecule has 0 aromatic heterocycles. The van der Waals surface area contributed by atoms with Crippen LogP contribution in [0.1, 0.15) is 52.7 Å². The third-order valence-corrected chi connectivity index (χ3v) is 10.7. The minimum absolute atomic E-state index is 0.0156. The minimum atomic E-state index is -0.0755. The van der Waals surface area contributed by atoms with Gasteiger partial charge in [0, 0.05) is 5.69 Å². The van der Waals surface area contributed by atoms with Gasteiger partial charge in [-0.05, 0) is 79.0 Å². The number of ether oxygens (including phenoxy) is 3. The second-order valence-corrected chi connectivity index (χ2v) is 15.4. The molecule has 0 fully saturated rings. The van der Waals surface area contributed by atoms with Crippen molar-refractivity contribution >= 4 is 74.9 Å². The van der Waals surface area contributed by atoms with Crippen molar-refractivity contribution in [2.45, 2.75) is 52.4 Å². The molecule has 5 aliphatic heterocycles. The van der Waals surface area contributed by atoms with E-state index in [1.807, 2.05) is 0 Å². The molecule has 0 aliphatic carbocycles. The Morgan fingerprint density at radius 2 is 1.00 bits per heavy atom. The number of fused-ring (bicyclic) bond motifs is 6. The van der Waals surface area contributed by atoms with E-state index in [2.05, 4.69) is 119 Å². The zero-order chi connectivity index (χ0) is 30.7. The summed E-state index contributed by atoms with van der Waals surface area (Å²) in [5.74, 6) is 4.75. The fourth-order valence-electron chi connectivity index (χ4n) is 8.16. The van der Waals surface area contributed by atoms with Crippen molar-refractivity contribution in [1.82, 2.24) is 0 Å². The fourth-order valence-corrected chi connectivity index (χ4v) is 8.44. The summed E-state index contributed by atoms with van der Waals surface area (Å²) in [7, 11) is 0. The van der Waals surface area contributed by atoms with Crippen LogP contribution in [0.5, 0.6) is 34.5 Å². The first-order chi connectivity index (χ1) is 21.5. The van der Waals surface area contributed by atoms with Gasteiger partial charge in [0.15, 0.2) is 11.5 Å². The SMILES string of the molecule is CC(C)(C)c1ccc2c(c1)B1c3cccc4c3N3c5c(cccc5B5c6cc(C(C)(C)C)ccc6Oc6c(Cl)c(c1c3c65)O2)O4. The maximum Gasteiger partial charge on any atom is 0.256 e. The standard InChI is InChI=1S/C38H30B2ClNO3/c1-37(2,3)19-13-15-25-23(17-19)39-21-9-7-11-27-32(21)42-33-22(10-8-12-28(33)43-27)40-24-18-20(38(4,5)6)14-16-26(24)45-36-30(40)34(42)29(39)35(44-25)31(36)41/h7-18H,1-6H3.